The van der Waals surface area contributed by atoms with Crippen molar-refractivity contribution < 1.29 is 37.2 Å². The fraction of sp³-hybridized carbons (Fsp3) is 0.118. The van der Waals surface area contributed by atoms with Crippen LogP contribution in [0.4, 0.5) is 0 Å². The van der Waals surface area contributed by atoms with Crippen molar-refractivity contribution in [1.29, 1.82) is 0 Å². The Kier molecular flexibility index (Phi) is 6.75. The van der Waals surface area contributed by atoms with E-state index in [9.17, 15) is 0 Å². The number of hydrogen-bond acceptors (Lipinski definition) is 5. The van der Waals surface area contributed by atoms with E-state index in [4.69, 9.17) is 23.4 Å². The maximum absolute atomic E-state index is 8.49. The molecule has 1 aromatic heterocycles. The summed E-state index contributed by atoms with van der Waals surface area (Å²) in [5.41, 5.74) is 3.83. The number of ether oxygens (including phenoxy) is 1. The Morgan fingerprint density at radius 2 is 1.44 bits per heavy atom. The predicted octanol–water partition coefficient (Wildman–Crippen LogP) is -1.75. The summed E-state index contributed by atoms with van der Waals surface area (Å²) in [6.45, 7) is 2.11. The number of aryl methyl sites for hydroxylation is 1. The van der Waals surface area contributed by atoms with E-state index in [0.29, 0.717) is 14.7 Å². The Labute approximate surface area is 153 Å². The second-order valence-electron chi connectivity index (χ2n) is 5.04. The van der Waals surface area contributed by atoms with Crippen molar-refractivity contribution in [2.24, 2.45) is 0 Å². The van der Waals surface area contributed by atoms with Gasteiger partial charge in [0, 0.05) is 0 Å². The van der Waals surface area contributed by atoms with Gasteiger partial charge in [0.1, 0.15) is 0 Å². The molecule has 0 aliphatic rings. The second-order valence-corrected chi connectivity index (χ2v) is 7.93. The monoisotopic (exact) mass is 429 g/mol. The number of aromatic nitrogens is 1. The molecular weight excluding hydrogens is 413 g/mol. The zero-order chi connectivity index (χ0) is 18.4. The minimum Gasteiger partial charge on any atom is -0.222 e. The standard InChI is InChI=1S/C17H16NOSe.ClHO4/c1-13-3-7-15(8-4-13)18-12-11-17(20-18)14-5-9-16(19-2)10-6-14;2-1(3,4)5/h3-12H,1-2H3;(H,2,3,4,5)/q+1;/p-1. The fourth-order valence-corrected chi connectivity index (χ4v) is 3.98. The Hall–Kier alpha value is -1.70. The Balaban J connectivity index is 0.000000399. The zero-order valence-corrected chi connectivity index (χ0v) is 16.0. The minimum atomic E-state index is -4.94. The zero-order valence-electron chi connectivity index (χ0n) is 13.5. The molecule has 0 aliphatic heterocycles. The largest absolute Gasteiger partial charge is 0.222 e. The Morgan fingerprint density at radius 3 is 1.96 bits per heavy atom. The van der Waals surface area contributed by atoms with E-state index in [1.165, 1.54) is 21.3 Å². The molecule has 25 heavy (non-hydrogen) atoms. The van der Waals surface area contributed by atoms with Crippen LogP contribution in [-0.2, 0) is 0 Å². The summed E-state index contributed by atoms with van der Waals surface area (Å²) < 4.78 is 42.9. The van der Waals surface area contributed by atoms with Crippen LogP contribution >= 0.6 is 0 Å². The molecule has 0 fully saturated rings. The molecular formula is C17H16ClNO5Se. The van der Waals surface area contributed by atoms with Gasteiger partial charge in [-0.2, -0.15) is 0 Å². The number of halogens is 1. The summed E-state index contributed by atoms with van der Waals surface area (Å²) in [6.07, 6.45) is 2.17. The SMILES string of the molecule is COc1ccc(-c2cc[n+](-c3ccc(C)cc3)[se]2)cc1.[O-][Cl+3]([O-])([O-])[O-]. The van der Waals surface area contributed by atoms with Crippen molar-refractivity contribution in [3.63, 3.8) is 0 Å². The molecule has 3 aromatic rings. The van der Waals surface area contributed by atoms with E-state index < -0.39 is 10.2 Å². The molecule has 8 heteroatoms. The first-order chi connectivity index (χ1) is 11.8. The molecule has 0 saturated carbocycles. The van der Waals surface area contributed by atoms with Gasteiger partial charge >= 0.3 is 125 Å². The molecule has 0 bridgehead atoms. The van der Waals surface area contributed by atoms with E-state index in [2.05, 4.69) is 59.1 Å². The van der Waals surface area contributed by atoms with E-state index in [-0.39, 0.29) is 0 Å². The summed E-state index contributed by atoms with van der Waals surface area (Å²) in [5, 5.41) is 0. The number of methoxy groups -OCH3 is 1. The molecule has 0 atom stereocenters. The molecule has 0 aliphatic carbocycles. The van der Waals surface area contributed by atoms with Gasteiger partial charge in [0.25, 0.3) is 0 Å². The maximum atomic E-state index is 8.49. The first-order valence-corrected chi connectivity index (χ1v) is 9.97. The van der Waals surface area contributed by atoms with Crippen molar-refractivity contribution in [3.8, 4) is 21.4 Å². The second kappa shape index (κ2) is 8.60. The third kappa shape index (κ3) is 6.60. The maximum Gasteiger partial charge on any atom is -0.112 e. The van der Waals surface area contributed by atoms with Gasteiger partial charge in [-0.25, -0.2) is 18.6 Å². The molecule has 132 valence electrons. The summed E-state index contributed by atoms with van der Waals surface area (Å²) in [7, 11) is -3.25. The smallest absolute Gasteiger partial charge is 0.112 e. The van der Waals surface area contributed by atoms with E-state index in [0.717, 1.165) is 5.75 Å². The molecule has 6 nitrogen and oxygen atoms in total. The summed E-state index contributed by atoms with van der Waals surface area (Å²) in [6, 6.07) is 19.2. The van der Waals surface area contributed by atoms with Crippen LogP contribution in [-0.4, -0.2) is 21.8 Å². The van der Waals surface area contributed by atoms with Gasteiger partial charge in [0.15, 0.2) is 0 Å². The topological polar surface area (TPSA) is 105 Å². The quantitative estimate of drug-likeness (QED) is 0.460. The van der Waals surface area contributed by atoms with E-state index in [1.54, 1.807) is 7.11 Å². The first-order valence-electron chi connectivity index (χ1n) is 7.11. The van der Waals surface area contributed by atoms with Crippen molar-refractivity contribution in [3.05, 3.63) is 66.4 Å². The molecule has 3 rings (SSSR count). The van der Waals surface area contributed by atoms with Gasteiger partial charge in [-0.05, 0) is 0 Å². The van der Waals surface area contributed by atoms with E-state index in [1.807, 2.05) is 12.1 Å². The van der Waals surface area contributed by atoms with Crippen LogP contribution in [0.5, 0.6) is 5.75 Å². The van der Waals surface area contributed by atoms with Gasteiger partial charge in [0.05, 0.1) is 0 Å². The van der Waals surface area contributed by atoms with Crippen LogP contribution in [0.2, 0.25) is 0 Å². The molecule has 2 aromatic carbocycles. The summed E-state index contributed by atoms with van der Waals surface area (Å²) in [4.78, 5) is 0. The molecule has 1 heterocycles. The van der Waals surface area contributed by atoms with Gasteiger partial charge in [-0.1, -0.05) is 0 Å². The van der Waals surface area contributed by atoms with Crippen LogP contribution < -0.4 is 26.9 Å². The van der Waals surface area contributed by atoms with Gasteiger partial charge in [0.2, 0.25) is 0 Å². The molecule has 0 spiro atoms. The van der Waals surface area contributed by atoms with Crippen LogP contribution in [0.25, 0.3) is 15.7 Å². The van der Waals surface area contributed by atoms with Crippen molar-refractivity contribution >= 4 is 14.7 Å². The normalized spacial score (nSPS) is 10.8. The fourth-order valence-electron chi connectivity index (χ4n) is 2.04. The van der Waals surface area contributed by atoms with Crippen molar-refractivity contribution in [2.45, 2.75) is 6.92 Å². The van der Waals surface area contributed by atoms with Crippen LogP contribution in [0.3, 0.4) is 0 Å². The average molecular weight is 429 g/mol. The third-order valence-electron chi connectivity index (χ3n) is 3.22. The summed E-state index contributed by atoms with van der Waals surface area (Å²) >= 11 is 0.295. The van der Waals surface area contributed by atoms with Gasteiger partial charge in [-0.15, -0.1) is 10.2 Å². The average Bonchev–Trinajstić information content (AvgIpc) is 3.04. The molecule has 0 radical (unpaired) electrons. The van der Waals surface area contributed by atoms with Gasteiger partial charge < -0.3 is 0 Å². The first kappa shape index (κ1) is 19.6. The minimum absolute atomic E-state index is 0.295. The molecule has 0 amide bonds. The number of rotatable bonds is 3. The molecule has 0 saturated heterocycles. The van der Waals surface area contributed by atoms with Crippen LogP contribution in [0.15, 0.2) is 60.8 Å². The van der Waals surface area contributed by atoms with Crippen molar-refractivity contribution in [2.75, 3.05) is 7.11 Å². The third-order valence-corrected chi connectivity index (χ3v) is 5.52. The summed E-state index contributed by atoms with van der Waals surface area (Å²) in [5.74, 6) is 0.902. The van der Waals surface area contributed by atoms with Crippen LogP contribution in [0.1, 0.15) is 5.56 Å². The molecule has 0 N–H and O–H groups in total. The Morgan fingerprint density at radius 1 is 0.880 bits per heavy atom. The predicted molar refractivity (Wildman–Crippen MR) is 81.6 cm³/mol. The molecule has 0 unspecified atom stereocenters. The number of hydrogen-bond donors (Lipinski definition) is 0. The Bertz CT molecular complexity index is 791. The number of nitrogens with zero attached hydrogens (tertiary/aromatic N) is 1. The van der Waals surface area contributed by atoms with Crippen molar-refractivity contribution in [1.82, 2.24) is 0 Å². The number of benzene rings is 2. The van der Waals surface area contributed by atoms with Gasteiger partial charge in [-0.3, -0.25) is 0 Å². The van der Waals surface area contributed by atoms with Crippen LogP contribution in [0, 0.1) is 17.2 Å². The van der Waals surface area contributed by atoms with E-state index >= 15 is 0 Å².